The van der Waals surface area contributed by atoms with E-state index in [9.17, 15) is 9.59 Å². The highest BCUT2D eigenvalue weighted by Crippen LogP contribution is 2.06. The molecule has 0 fully saturated rings. The summed E-state index contributed by atoms with van der Waals surface area (Å²) in [5.74, 6) is -0.936. The lowest BCUT2D eigenvalue weighted by Crippen LogP contribution is -2.24. The zero-order valence-electron chi connectivity index (χ0n) is 8.15. The van der Waals surface area contributed by atoms with E-state index in [1.165, 1.54) is 13.2 Å². The molecule has 0 aliphatic carbocycles. The minimum atomic E-state index is -0.936. The van der Waals surface area contributed by atoms with Gasteiger partial charge in [-0.15, -0.1) is 0 Å². The molecule has 0 unspecified atom stereocenters. The smallest absolute Gasteiger partial charge is 0.319 e. The summed E-state index contributed by atoms with van der Waals surface area (Å²) >= 11 is 0. The van der Waals surface area contributed by atoms with Crippen molar-refractivity contribution in [3.05, 3.63) is 24.0 Å². The minimum absolute atomic E-state index is 0.125. The molecule has 0 bridgehead atoms. The summed E-state index contributed by atoms with van der Waals surface area (Å²) in [4.78, 5) is 25.1. The number of rotatable bonds is 3. The fourth-order valence-corrected chi connectivity index (χ4v) is 0.952. The van der Waals surface area contributed by atoms with Crippen LogP contribution in [0.3, 0.4) is 0 Å². The number of anilines is 1. The van der Waals surface area contributed by atoms with E-state index in [1.54, 1.807) is 12.1 Å². The number of amides is 2. The maximum atomic E-state index is 10.9. The molecule has 6 heteroatoms. The lowest BCUT2D eigenvalue weighted by atomic mass is 10.2. The molecule has 0 atom stereocenters. The van der Waals surface area contributed by atoms with Crippen molar-refractivity contribution < 1.29 is 14.7 Å². The fraction of sp³-hybridized carbons (Fsp3) is 0.222. The average molecular weight is 209 g/mol. The number of carbonyl (C=O) groups is 2. The molecule has 6 nitrogen and oxygen atoms in total. The Morgan fingerprint density at radius 3 is 2.67 bits per heavy atom. The number of hydrogen-bond acceptors (Lipinski definition) is 3. The van der Waals surface area contributed by atoms with Crippen LogP contribution in [0.5, 0.6) is 0 Å². The molecule has 2 amide bonds. The van der Waals surface area contributed by atoms with Crippen molar-refractivity contribution in [3.63, 3.8) is 0 Å². The first-order valence-corrected chi connectivity index (χ1v) is 4.27. The van der Waals surface area contributed by atoms with Crippen molar-refractivity contribution in [1.29, 1.82) is 0 Å². The summed E-state index contributed by atoms with van der Waals surface area (Å²) in [6.07, 6.45) is 1.29. The predicted molar refractivity (Wildman–Crippen MR) is 53.7 cm³/mol. The molecule has 0 radical (unpaired) electrons. The van der Waals surface area contributed by atoms with Gasteiger partial charge in [-0.05, 0) is 12.1 Å². The van der Waals surface area contributed by atoms with Crippen LogP contribution >= 0.6 is 0 Å². The van der Waals surface area contributed by atoms with Crippen molar-refractivity contribution in [2.75, 3.05) is 12.4 Å². The first-order valence-electron chi connectivity index (χ1n) is 4.27. The summed E-state index contributed by atoms with van der Waals surface area (Å²) in [5, 5.41) is 13.4. The van der Waals surface area contributed by atoms with Crippen LogP contribution in [0.25, 0.3) is 0 Å². The zero-order valence-corrected chi connectivity index (χ0v) is 8.15. The van der Waals surface area contributed by atoms with Gasteiger partial charge in [0.05, 0.1) is 24.0 Å². The number of aromatic nitrogens is 1. The maximum absolute atomic E-state index is 10.9. The number of carbonyl (C=O) groups excluding carboxylic acids is 1. The third-order valence-electron chi connectivity index (χ3n) is 1.64. The van der Waals surface area contributed by atoms with Gasteiger partial charge in [0, 0.05) is 7.05 Å². The van der Waals surface area contributed by atoms with Gasteiger partial charge in [-0.1, -0.05) is 0 Å². The van der Waals surface area contributed by atoms with E-state index >= 15 is 0 Å². The summed E-state index contributed by atoms with van der Waals surface area (Å²) in [6, 6.07) is 2.81. The van der Waals surface area contributed by atoms with Gasteiger partial charge in [-0.3, -0.25) is 9.78 Å². The zero-order chi connectivity index (χ0) is 11.3. The van der Waals surface area contributed by atoms with Crippen molar-refractivity contribution in [2.45, 2.75) is 6.42 Å². The molecule has 0 aromatic carbocycles. The molecule has 0 aliphatic rings. The average Bonchev–Trinajstić information content (AvgIpc) is 2.20. The second kappa shape index (κ2) is 4.94. The Morgan fingerprint density at radius 1 is 1.47 bits per heavy atom. The van der Waals surface area contributed by atoms with E-state index in [-0.39, 0.29) is 12.5 Å². The molecule has 1 aromatic heterocycles. The van der Waals surface area contributed by atoms with Gasteiger partial charge in [-0.25, -0.2) is 4.79 Å². The largest absolute Gasteiger partial charge is 0.481 e. The molecule has 15 heavy (non-hydrogen) atoms. The Morgan fingerprint density at radius 2 is 2.20 bits per heavy atom. The molecule has 1 heterocycles. The van der Waals surface area contributed by atoms with Crippen molar-refractivity contribution in [1.82, 2.24) is 10.3 Å². The molecular weight excluding hydrogens is 198 g/mol. The third kappa shape index (κ3) is 3.63. The highest BCUT2D eigenvalue weighted by Gasteiger charge is 2.02. The predicted octanol–water partition coefficient (Wildman–Crippen LogP) is 0.460. The van der Waals surface area contributed by atoms with Gasteiger partial charge in [-0.2, -0.15) is 0 Å². The molecule has 0 aliphatic heterocycles. The number of carboxylic acids is 1. The summed E-state index contributed by atoms with van der Waals surface area (Å²) in [7, 11) is 1.50. The van der Waals surface area contributed by atoms with Crippen LogP contribution in [0.2, 0.25) is 0 Å². The Hall–Kier alpha value is -2.11. The van der Waals surface area contributed by atoms with E-state index in [4.69, 9.17) is 5.11 Å². The molecule has 1 aromatic rings. The quantitative estimate of drug-likeness (QED) is 0.674. The number of pyridine rings is 1. The number of urea groups is 1. The Bertz CT molecular complexity index is 361. The number of hydrogen-bond donors (Lipinski definition) is 3. The van der Waals surface area contributed by atoms with Crippen LogP contribution in [-0.4, -0.2) is 29.1 Å². The summed E-state index contributed by atoms with van der Waals surface area (Å²) in [5.41, 5.74) is 0.966. The first kappa shape index (κ1) is 11.0. The second-order valence-corrected chi connectivity index (χ2v) is 2.81. The van der Waals surface area contributed by atoms with Crippen molar-refractivity contribution in [3.8, 4) is 0 Å². The van der Waals surface area contributed by atoms with Gasteiger partial charge in [0.1, 0.15) is 0 Å². The number of aliphatic carboxylic acids is 1. The first-order chi connectivity index (χ1) is 7.11. The molecule has 1 rings (SSSR count). The molecule has 80 valence electrons. The van der Waals surface area contributed by atoms with E-state index in [0.29, 0.717) is 11.4 Å². The fourth-order valence-electron chi connectivity index (χ4n) is 0.952. The minimum Gasteiger partial charge on any atom is -0.481 e. The second-order valence-electron chi connectivity index (χ2n) is 2.81. The monoisotopic (exact) mass is 209 g/mol. The van der Waals surface area contributed by atoms with Crippen LogP contribution in [0, 0.1) is 0 Å². The topological polar surface area (TPSA) is 91.3 Å². The van der Waals surface area contributed by atoms with Crippen LogP contribution in [0.1, 0.15) is 5.69 Å². The van der Waals surface area contributed by atoms with Crippen molar-refractivity contribution in [2.24, 2.45) is 0 Å². The Balaban J connectivity index is 2.64. The molecular formula is C9H11N3O3. The molecule has 0 saturated heterocycles. The van der Waals surface area contributed by atoms with E-state index in [1.807, 2.05) is 0 Å². The standard InChI is InChI=1S/C9H11N3O3/c1-10-9(15)12-7-3-2-6(11-5-7)4-8(13)14/h2-3,5H,4H2,1H3,(H,13,14)(H2,10,12,15). The molecule has 0 spiro atoms. The summed E-state index contributed by atoms with van der Waals surface area (Å²) < 4.78 is 0. The van der Waals surface area contributed by atoms with E-state index in [2.05, 4.69) is 15.6 Å². The van der Waals surface area contributed by atoms with E-state index in [0.717, 1.165) is 0 Å². The van der Waals surface area contributed by atoms with Gasteiger partial charge >= 0.3 is 12.0 Å². The third-order valence-corrected chi connectivity index (χ3v) is 1.64. The Kier molecular flexibility index (Phi) is 3.61. The number of nitrogens with one attached hydrogen (secondary N) is 2. The number of nitrogens with zero attached hydrogens (tertiary/aromatic N) is 1. The van der Waals surface area contributed by atoms with Gasteiger partial charge in [0.15, 0.2) is 0 Å². The Labute approximate surface area is 86.3 Å². The lowest BCUT2D eigenvalue weighted by molar-refractivity contribution is -0.136. The van der Waals surface area contributed by atoms with Crippen LogP contribution in [-0.2, 0) is 11.2 Å². The highest BCUT2D eigenvalue weighted by atomic mass is 16.4. The van der Waals surface area contributed by atoms with Gasteiger partial charge in [0.2, 0.25) is 0 Å². The lowest BCUT2D eigenvalue weighted by Gasteiger charge is -2.03. The maximum Gasteiger partial charge on any atom is 0.319 e. The van der Waals surface area contributed by atoms with Gasteiger partial charge < -0.3 is 15.7 Å². The number of carboxylic acid groups (broad SMARTS) is 1. The summed E-state index contributed by atoms with van der Waals surface area (Å²) in [6.45, 7) is 0. The van der Waals surface area contributed by atoms with Crippen LogP contribution in [0.15, 0.2) is 18.3 Å². The highest BCUT2D eigenvalue weighted by molar-refractivity contribution is 5.88. The molecule has 0 saturated carbocycles. The van der Waals surface area contributed by atoms with Crippen LogP contribution in [0.4, 0.5) is 10.5 Å². The van der Waals surface area contributed by atoms with Crippen LogP contribution < -0.4 is 10.6 Å². The van der Waals surface area contributed by atoms with E-state index < -0.39 is 5.97 Å². The normalized spacial score (nSPS) is 9.40. The molecule has 3 N–H and O–H groups in total. The SMILES string of the molecule is CNC(=O)Nc1ccc(CC(=O)O)nc1. The van der Waals surface area contributed by atoms with Gasteiger partial charge in [0.25, 0.3) is 0 Å². The van der Waals surface area contributed by atoms with Crippen molar-refractivity contribution >= 4 is 17.7 Å².